The number of halogens is 2. The van der Waals surface area contributed by atoms with Crippen LogP contribution in [-0.2, 0) is 0 Å². The van der Waals surface area contributed by atoms with E-state index in [-0.39, 0.29) is 0 Å². The molecule has 0 N–H and O–H groups in total. The van der Waals surface area contributed by atoms with Gasteiger partial charge in [-0.1, -0.05) is 65.7 Å². The van der Waals surface area contributed by atoms with Crippen LogP contribution in [-0.4, -0.2) is 4.98 Å². The average Bonchev–Trinajstić information content (AvgIpc) is 2.27. The van der Waals surface area contributed by atoms with Gasteiger partial charge in [-0.2, -0.15) is 0 Å². The van der Waals surface area contributed by atoms with Crippen LogP contribution in [0.2, 0.25) is 10.3 Å². The van der Waals surface area contributed by atoms with Gasteiger partial charge in [-0.15, -0.1) is 0 Å². The Hall–Kier alpha value is -1.31. The minimum absolute atomic E-state index is 0.403. The van der Waals surface area contributed by atoms with Crippen LogP contribution >= 0.6 is 23.2 Å². The third-order valence-corrected chi connectivity index (χ3v) is 2.44. The molecule has 0 saturated carbocycles. The number of rotatable bonds is 2. The van der Waals surface area contributed by atoms with Gasteiger partial charge >= 0.3 is 0 Å². The predicted molar refractivity (Wildman–Crippen MR) is 69.6 cm³/mol. The Labute approximate surface area is 104 Å². The van der Waals surface area contributed by atoms with Crippen molar-refractivity contribution in [2.24, 2.45) is 0 Å². The lowest BCUT2D eigenvalue weighted by atomic mass is 10.1. The lowest BCUT2D eigenvalue weighted by Gasteiger charge is -1.96. The summed E-state index contributed by atoms with van der Waals surface area (Å²) in [4.78, 5) is 3.89. The summed E-state index contributed by atoms with van der Waals surface area (Å²) in [5, 5.41) is 0.806. The highest BCUT2D eigenvalue weighted by atomic mass is 35.5. The molecule has 0 aliphatic heterocycles. The van der Waals surface area contributed by atoms with Gasteiger partial charge in [0, 0.05) is 0 Å². The minimum Gasteiger partial charge on any atom is -0.224 e. The highest BCUT2D eigenvalue weighted by Gasteiger charge is 1.95. The van der Waals surface area contributed by atoms with E-state index in [0.717, 1.165) is 11.1 Å². The van der Waals surface area contributed by atoms with Gasteiger partial charge in [-0.25, -0.2) is 4.98 Å². The lowest BCUT2D eigenvalue weighted by Crippen LogP contribution is -1.79. The molecule has 3 heteroatoms. The van der Waals surface area contributed by atoms with Gasteiger partial charge in [0.25, 0.3) is 0 Å². The van der Waals surface area contributed by atoms with Crippen molar-refractivity contribution in [2.45, 2.75) is 0 Å². The molecule has 0 aliphatic carbocycles. The minimum atomic E-state index is 0.403. The van der Waals surface area contributed by atoms with Crippen LogP contribution < -0.4 is 0 Å². The Kier molecular flexibility index (Phi) is 3.60. The van der Waals surface area contributed by atoms with E-state index in [4.69, 9.17) is 23.2 Å². The molecule has 0 saturated heterocycles. The molecule has 2 rings (SSSR count). The first-order chi connectivity index (χ1) is 7.74. The summed E-state index contributed by atoms with van der Waals surface area (Å²) in [6, 6.07) is 13.6. The van der Waals surface area contributed by atoms with Crippen molar-refractivity contribution in [3.05, 3.63) is 63.9 Å². The van der Waals surface area contributed by atoms with Crippen molar-refractivity contribution in [2.75, 3.05) is 0 Å². The van der Waals surface area contributed by atoms with E-state index in [1.165, 1.54) is 0 Å². The maximum absolute atomic E-state index is 5.80. The van der Waals surface area contributed by atoms with Crippen LogP contribution in [0.1, 0.15) is 11.1 Å². The molecule has 0 bridgehead atoms. The van der Waals surface area contributed by atoms with Crippen molar-refractivity contribution >= 4 is 35.4 Å². The van der Waals surface area contributed by atoms with Crippen molar-refractivity contribution in [1.82, 2.24) is 4.98 Å². The normalized spacial score (nSPS) is 10.9. The standard InChI is InChI=1S/C13H9Cl2N/c14-12-8-11(9-13(15)16-12)7-6-10-4-2-1-3-5-10/h1-9H. The van der Waals surface area contributed by atoms with Crippen molar-refractivity contribution in [3.63, 3.8) is 0 Å². The van der Waals surface area contributed by atoms with Crippen LogP contribution in [0.4, 0.5) is 0 Å². The molecule has 0 fully saturated rings. The molecule has 16 heavy (non-hydrogen) atoms. The molecule has 0 unspecified atom stereocenters. The van der Waals surface area contributed by atoms with Crippen molar-refractivity contribution < 1.29 is 0 Å². The summed E-state index contributed by atoms with van der Waals surface area (Å²) in [5.41, 5.74) is 2.07. The van der Waals surface area contributed by atoms with Gasteiger partial charge in [0.15, 0.2) is 0 Å². The number of aromatic nitrogens is 1. The van der Waals surface area contributed by atoms with E-state index < -0.39 is 0 Å². The Morgan fingerprint density at radius 3 is 2.00 bits per heavy atom. The summed E-state index contributed by atoms with van der Waals surface area (Å²) in [5.74, 6) is 0. The molecule has 1 aromatic carbocycles. The Morgan fingerprint density at radius 1 is 0.812 bits per heavy atom. The SMILES string of the molecule is Clc1cc(C=Cc2ccccc2)cc(Cl)n1. The van der Waals surface area contributed by atoms with Gasteiger partial charge in [0.1, 0.15) is 10.3 Å². The van der Waals surface area contributed by atoms with Crippen LogP contribution in [0, 0.1) is 0 Å². The van der Waals surface area contributed by atoms with Gasteiger partial charge in [-0.05, 0) is 23.3 Å². The highest BCUT2D eigenvalue weighted by molar-refractivity contribution is 6.32. The molecule has 2 aromatic rings. The zero-order valence-electron chi connectivity index (χ0n) is 8.40. The van der Waals surface area contributed by atoms with Crippen molar-refractivity contribution in [3.8, 4) is 0 Å². The van der Waals surface area contributed by atoms with Crippen LogP contribution in [0.5, 0.6) is 0 Å². The van der Waals surface area contributed by atoms with E-state index in [9.17, 15) is 0 Å². The van der Waals surface area contributed by atoms with E-state index in [1.54, 1.807) is 12.1 Å². The maximum atomic E-state index is 5.80. The van der Waals surface area contributed by atoms with Gasteiger partial charge in [0.2, 0.25) is 0 Å². The zero-order chi connectivity index (χ0) is 11.4. The number of hydrogen-bond acceptors (Lipinski definition) is 1. The third-order valence-electron chi connectivity index (χ3n) is 2.05. The summed E-state index contributed by atoms with van der Waals surface area (Å²) in [6.07, 6.45) is 3.96. The second-order valence-corrected chi connectivity index (χ2v) is 4.06. The van der Waals surface area contributed by atoms with Crippen LogP contribution in [0.15, 0.2) is 42.5 Å². The zero-order valence-corrected chi connectivity index (χ0v) is 9.91. The second-order valence-electron chi connectivity index (χ2n) is 3.29. The van der Waals surface area contributed by atoms with Gasteiger partial charge in [0.05, 0.1) is 0 Å². The monoisotopic (exact) mass is 249 g/mol. The number of nitrogens with zero attached hydrogens (tertiary/aromatic N) is 1. The molecule has 0 radical (unpaired) electrons. The van der Waals surface area contributed by atoms with Gasteiger partial charge < -0.3 is 0 Å². The molecule has 1 heterocycles. The number of pyridine rings is 1. The largest absolute Gasteiger partial charge is 0.224 e. The topological polar surface area (TPSA) is 12.9 Å². The van der Waals surface area contributed by atoms with Crippen LogP contribution in [0.25, 0.3) is 12.2 Å². The Balaban J connectivity index is 2.24. The molecular weight excluding hydrogens is 241 g/mol. The molecule has 0 amide bonds. The third kappa shape index (κ3) is 3.09. The fraction of sp³-hybridized carbons (Fsp3) is 0. The van der Waals surface area contributed by atoms with E-state index in [0.29, 0.717) is 10.3 Å². The quantitative estimate of drug-likeness (QED) is 0.712. The van der Waals surface area contributed by atoms with E-state index >= 15 is 0 Å². The Morgan fingerprint density at radius 2 is 1.38 bits per heavy atom. The predicted octanol–water partition coefficient (Wildman–Crippen LogP) is 4.56. The summed E-state index contributed by atoms with van der Waals surface area (Å²) >= 11 is 11.6. The maximum Gasteiger partial charge on any atom is 0.131 e. The van der Waals surface area contributed by atoms with E-state index in [1.807, 2.05) is 42.5 Å². The molecule has 1 nitrogen and oxygen atoms in total. The van der Waals surface area contributed by atoms with Crippen LogP contribution in [0.3, 0.4) is 0 Å². The lowest BCUT2D eigenvalue weighted by molar-refractivity contribution is 1.32. The molecule has 80 valence electrons. The number of benzene rings is 1. The Bertz CT molecular complexity index is 486. The van der Waals surface area contributed by atoms with Crippen molar-refractivity contribution in [1.29, 1.82) is 0 Å². The molecule has 1 aromatic heterocycles. The molecule has 0 atom stereocenters. The highest BCUT2D eigenvalue weighted by Crippen LogP contribution is 2.16. The first kappa shape index (κ1) is 11.2. The first-order valence-electron chi connectivity index (χ1n) is 4.80. The summed E-state index contributed by atoms with van der Waals surface area (Å²) in [6.45, 7) is 0. The summed E-state index contributed by atoms with van der Waals surface area (Å²) in [7, 11) is 0. The summed E-state index contributed by atoms with van der Waals surface area (Å²) < 4.78 is 0. The second kappa shape index (κ2) is 5.15. The molecular formula is C13H9Cl2N. The molecule has 0 spiro atoms. The fourth-order valence-electron chi connectivity index (χ4n) is 1.34. The number of hydrogen-bond donors (Lipinski definition) is 0. The smallest absolute Gasteiger partial charge is 0.131 e. The van der Waals surface area contributed by atoms with E-state index in [2.05, 4.69) is 4.98 Å². The average molecular weight is 250 g/mol. The molecule has 0 aliphatic rings. The van der Waals surface area contributed by atoms with Gasteiger partial charge in [-0.3, -0.25) is 0 Å². The fourth-order valence-corrected chi connectivity index (χ4v) is 1.81. The first-order valence-corrected chi connectivity index (χ1v) is 5.56.